The smallest absolute Gasteiger partial charge is 0.143 e. The number of rotatable bonds is 2. The number of nitrogens with zero attached hydrogens (tertiary/aromatic N) is 1. The first kappa shape index (κ1) is 13.6. The van der Waals surface area contributed by atoms with Crippen LogP contribution in [-0.4, -0.2) is 32.1 Å². The summed E-state index contributed by atoms with van der Waals surface area (Å²) in [5, 5.41) is 0. The van der Waals surface area contributed by atoms with Gasteiger partial charge in [0.15, 0.2) is 0 Å². The molecule has 0 N–H and O–H groups in total. The monoisotopic (exact) mass is 295 g/mol. The van der Waals surface area contributed by atoms with E-state index in [2.05, 4.69) is 54.4 Å². The summed E-state index contributed by atoms with van der Waals surface area (Å²) in [7, 11) is 3.91. The highest BCUT2D eigenvalue weighted by Gasteiger charge is 2.52. The van der Waals surface area contributed by atoms with Crippen molar-refractivity contribution in [2.45, 2.75) is 17.9 Å². The van der Waals surface area contributed by atoms with Gasteiger partial charge in [0.25, 0.3) is 0 Å². The molecule has 0 bridgehead atoms. The molecule has 1 saturated heterocycles. The third kappa shape index (κ3) is 1.92. The van der Waals surface area contributed by atoms with Crippen molar-refractivity contribution in [2.75, 3.05) is 27.2 Å². The highest BCUT2D eigenvalue weighted by Crippen LogP contribution is 2.54. The van der Waals surface area contributed by atoms with Crippen LogP contribution >= 0.6 is 0 Å². The summed E-state index contributed by atoms with van der Waals surface area (Å²) < 4.78 is 12.0. The quantitative estimate of drug-likeness (QED) is 0.847. The van der Waals surface area contributed by atoms with Crippen molar-refractivity contribution < 1.29 is 9.47 Å². The topological polar surface area (TPSA) is 21.7 Å². The Morgan fingerprint density at radius 1 is 1.18 bits per heavy atom. The number of ether oxygens (including phenoxy) is 2. The molecule has 0 aromatic heterocycles. The third-order valence-electron chi connectivity index (χ3n) is 5.07. The minimum Gasteiger partial charge on any atom is -0.497 e. The molecular weight excluding hydrogens is 274 g/mol. The zero-order chi connectivity index (χ0) is 15.2. The minimum atomic E-state index is -0.259. The van der Waals surface area contributed by atoms with Crippen LogP contribution in [0.1, 0.15) is 23.5 Å². The van der Waals surface area contributed by atoms with E-state index in [1.165, 1.54) is 11.1 Å². The Morgan fingerprint density at radius 3 is 2.91 bits per heavy atom. The fraction of sp³-hybridized carbons (Fsp3) is 0.368. The minimum absolute atomic E-state index is 0.259. The number of methoxy groups -OCH3 is 1. The van der Waals surface area contributed by atoms with Gasteiger partial charge >= 0.3 is 0 Å². The van der Waals surface area contributed by atoms with Crippen LogP contribution in [-0.2, 0) is 5.60 Å². The van der Waals surface area contributed by atoms with Gasteiger partial charge in [-0.25, -0.2) is 0 Å². The molecule has 4 rings (SSSR count). The van der Waals surface area contributed by atoms with Gasteiger partial charge in [0, 0.05) is 31.0 Å². The first-order valence-corrected chi connectivity index (χ1v) is 7.84. The van der Waals surface area contributed by atoms with Crippen molar-refractivity contribution in [3.8, 4) is 11.5 Å². The van der Waals surface area contributed by atoms with Crippen LogP contribution in [0, 0.1) is 0 Å². The van der Waals surface area contributed by atoms with Gasteiger partial charge in [-0.3, -0.25) is 0 Å². The molecule has 0 spiro atoms. The molecule has 114 valence electrons. The van der Waals surface area contributed by atoms with E-state index in [0.717, 1.165) is 31.0 Å². The zero-order valence-electron chi connectivity index (χ0n) is 13.1. The Balaban J connectivity index is 1.84. The number of piperidine rings is 1. The Kier molecular flexibility index (Phi) is 3.12. The van der Waals surface area contributed by atoms with Crippen LogP contribution < -0.4 is 9.47 Å². The van der Waals surface area contributed by atoms with Gasteiger partial charge in [-0.05, 0) is 30.8 Å². The van der Waals surface area contributed by atoms with Crippen LogP contribution in [0.4, 0.5) is 0 Å². The molecule has 2 aliphatic heterocycles. The summed E-state index contributed by atoms with van der Waals surface area (Å²) in [6, 6.07) is 16.8. The molecule has 0 aliphatic carbocycles. The predicted molar refractivity (Wildman–Crippen MR) is 86.6 cm³/mol. The molecule has 0 amide bonds. The number of para-hydroxylation sites is 1. The van der Waals surface area contributed by atoms with Crippen LogP contribution in [0.2, 0.25) is 0 Å². The summed E-state index contributed by atoms with van der Waals surface area (Å²) in [6.07, 6.45) is 0.996. The number of likely N-dealkylation sites (N-methyl/N-ethyl adjacent to an activating group) is 1. The maximum Gasteiger partial charge on any atom is 0.143 e. The maximum atomic E-state index is 6.55. The van der Waals surface area contributed by atoms with E-state index in [0.29, 0.717) is 5.92 Å². The van der Waals surface area contributed by atoms with E-state index in [1.54, 1.807) is 7.11 Å². The summed E-state index contributed by atoms with van der Waals surface area (Å²) in [5.41, 5.74) is 2.29. The molecule has 1 fully saturated rings. The van der Waals surface area contributed by atoms with Gasteiger partial charge in [-0.1, -0.05) is 30.3 Å². The molecule has 0 saturated carbocycles. The number of fused-ring (bicyclic) bond motifs is 3. The normalized spacial score (nSPS) is 26.9. The molecular formula is C19H21NO2. The molecule has 22 heavy (non-hydrogen) atoms. The lowest BCUT2D eigenvalue weighted by atomic mass is 9.74. The van der Waals surface area contributed by atoms with Crippen molar-refractivity contribution >= 4 is 0 Å². The standard InChI is InChI=1S/C19H21NO2/c1-20-11-10-19(14-6-5-7-15(12-14)21-2)17(13-20)16-8-3-4-9-18(16)22-19/h3-9,12,17H,10-11,13H2,1-2H3/t17-,19+/m1/s1. The van der Waals surface area contributed by atoms with Gasteiger partial charge < -0.3 is 14.4 Å². The van der Waals surface area contributed by atoms with E-state index in [9.17, 15) is 0 Å². The third-order valence-corrected chi connectivity index (χ3v) is 5.07. The van der Waals surface area contributed by atoms with Gasteiger partial charge in [-0.15, -0.1) is 0 Å². The molecule has 2 atom stereocenters. The largest absolute Gasteiger partial charge is 0.497 e. The second-order valence-corrected chi connectivity index (χ2v) is 6.33. The molecule has 3 nitrogen and oxygen atoms in total. The molecule has 0 unspecified atom stereocenters. The van der Waals surface area contributed by atoms with Crippen LogP contribution in [0.5, 0.6) is 11.5 Å². The maximum absolute atomic E-state index is 6.55. The molecule has 2 heterocycles. The number of hydrogen-bond donors (Lipinski definition) is 0. The Hall–Kier alpha value is -2.00. The van der Waals surface area contributed by atoms with Crippen molar-refractivity contribution in [2.24, 2.45) is 0 Å². The van der Waals surface area contributed by atoms with Crippen molar-refractivity contribution in [3.63, 3.8) is 0 Å². The Morgan fingerprint density at radius 2 is 2.05 bits per heavy atom. The lowest BCUT2D eigenvalue weighted by Gasteiger charge is -2.42. The van der Waals surface area contributed by atoms with Crippen LogP contribution in [0.15, 0.2) is 48.5 Å². The van der Waals surface area contributed by atoms with Gasteiger partial charge in [-0.2, -0.15) is 0 Å². The fourth-order valence-corrected chi connectivity index (χ4v) is 3.90. The van der Waals surface area contributed by atoms with E-state index in [-0.39, 0.29) is 5.60 Å². The second kappa shape index (κ2) is 5.03. The molecule has 0 radical (unpaired) electrons. The Labute approximate surface area is 131 Å². The Bertz CT molecular complexity index is 699. The van der Waals surface area contributed by atoms with Gasteiger partial charge in [0.05, 0.1) is 7.11 Å². The molecule has 2 aromatic carbocycles. The first-order valence-electron chi connectivity index (χ1n) is 7.84. The summed E-state index contributed by atoms with van der Waals surface area (Å²) in [4.78, 5) is 2.40. The van der Waals surface area contributed by atoms with Crippen LogP contribution in [0.25, 0.3) is 0 Å². The first-order chi connectivity index (χ1) is 10.7. The lowest BCUT2D eigenvalue weighted by molar-refractivity contribution is 0.00688. The van der Waals surface area contributed by atoms with E-state index >= 15 is 0 Å². The number of likely N-dealkylation sites (tertiary alicyclic amines) is 1. The number of hydrogen-bond acceptors (Lipinski definition) is 3. The molecule has 2 aromatic rings. The average molecular weight is 295 g/mol. The average Bonchev–Trinajstić information content (AvgIpc) is 2.90. The van der Waals surface area contributed by atoms with Crippen molar-refractivity contribution in [1.29, 1.82) is 0 Å². The predicted octanol–water partition coefficient (Wildman–Crippen LogP) is 3.40. The van der Waals surface area contributed by atoms with Crippen molar-refractivity contribution in [1.82, 2.24) is 4.90 Å². The van der Waals surface area contributed by atoms with E-state index in [1.807, 2.05) is 6.07 Å². The van der Waals surface area contributed by atoms with Crippen LogP contribution in [0.3, 0.4) is 0 Å². The highest BCUT2D eigenvalue weighted by molar-refractivity contribution is 5.48. The molecule has 3 heteroatoms. The zero-order valence-corrected chi connectivity index (χ0v) is 13.1. The van der Waals surface area contributed by atoms with E-state index < -0.39 is 0 Å². The fourth-order valence-electron chi connectivity index (χ4n) is 3.90. The lowest BCUT2D eigenvalue weighted by Crippen LogP contribution is -2.47. The summed E-state index contributed by atoms with van der Waals surface area (Å²) >= 11 is 0. The highest BCUT2D eigenvalue weighted by atomic mass is 16.5. The number of benzene rings is 2. The van der Waals surface area contributed by atoms with Gasteiger partial charge in [0.1, 0.15) is 17.1 Å². The van der Waals surface area contributed by atoms with Crippen molar-refractivity contribution in [3.05, 3.63) is 59.7 Å². The summed E-state index contributed by atoms with van der Waals surface area (Å²) in [5.74, 6) is 2.30. The molecule has 2 aliphatic rings. The van der Waals surface area contributed by atoms with E-state index in [4.69, 9.17) is 9.47 Å². The van der Waals surface area contributed by atoms with Gasteiger partial charge in [0.2, 0.25) is 0 Å². The SMILES string of the molecule is COc1cccc([C@@]23CCN(C)C[C@@H]2c2ccccc2O3)c1. The second-order valence-electron chi connectivity index (χ2n) is 6.33. The summed E-state index contributed by atoms with van der Waals surface area (Å²) in [6.45, 7) is 2.07.